The lowest BCUT2D eigenvalue weighted by molar-refractivity contribution is 0.442. The highest BCUT2D eigenvalue weighted by Gasteiger charge is 2.21. The highest BCUT2D eigenvalue weighted by atomic mass is 32.2. The Bertz CT molecular complexity index is 452. The SMILES string of the molecule is CN1C(=NC2CCCCC2)NSc2ccccc21. The molecule has 0 saturated heterocycles. The Labute approximate surface area is 113 Å². The van der Waals surface area contributed by atoms with Crippen LogP contribution in [-0.2, 0) is 0 Å². The second kappa shape index (κ2) is 5.22. The van der Waals surface area contributed by atoms with Gasteiger partial charge in [-0.25, -0.2) is 4.99 Å². The number of hydrogen-bond donors (Lipinski definition) is 1. The fraction of sp³-hybridized carbons (Fsp3) is 0.500. The van der Waals surface area contributed by atoms with Gasteiger partial charge in [0.05, 0.1) is 16.6 Å². The Morgan fingerprint density at radius 2 is 2.00 bits per heavy atom. The maximum atomic E-state index is 4.89. The predicted octanol–water partition coefficient (Wildman–Crippen LogP) is 3.42. The summed E-state index contributed by atoms with van der Waals surface area (Å²) in [6.07, 6.45) is 6.52. The third-order valence-electron chi connectivity index (χ3n) is 3.68. The molecule has 1 N–H and O–H groups in total. The first-order valence-corrected chi connectivity index (χ1v) is 7.49. The average Bonchev–Trinajstić information content (AvgIpc) is 2.43. The molecule has 3 rings (SSSR count). The lowest BCUT2D eigenvalue weighted by Crippen LogP contribution is -2.40. The van der Waals surface area contributed by atoms with E-state index >= 15 is 0 Å². The minimum absolute atomic E-state index is 0.509. The van der Waals surface area contributed by atoms with Crippen LogP contribution in [0.4, 0.5) is 5.69 Å². The Balaban J connectivity index is 1.81. The number of aliphatic imine (C=N–C) groups is 1. The van der Waals surface area contributed by atoms with Crippen LogP contribution in [0.15, 0.2) is 34.2 Å². The third kappa shape index (κ3) is 2.34. The molecule has 0 unspecified atom stereocenters. The number of hydrogen-bond acceptors (Lipinski definition) is 2. The van der Waals surface area contributed by atoms with Gasteiger partial charge in [0.15, 0.2) is 0 Å². The molecule has 0 spiro atoms. The fourth-order valence-electron chi connectivity index (χ4n) is 2.60. The zero-order valence-electron chi connectivity index (χ0n) is 10.7. The molecule has 0 radical (unpaired) electrons. The number of benzene rings is 1. The topological polar surface area (TPSA) is 27.6 Å². The summed E-state index contributed by atoms with van der Waals surface area (Å²) < 4.78 is 3.36. The molecular weight excluding hydrogens is 242 g/mol. The molecule has 1 aromatic carbocycles. The van der Waals surface area contributed by atoms with Gasteiger partial charge in [0, 0.05) is 7.05 Å². The van der Waals surface area contributed by atoms with Crippen LogP contribution in [0.3, 0.4) is 0 Å². The van der Waals surface area contributed by atoms with E-state index in [1.54, 1.807) is 11.9 Å². The molecule has 18 heavy (non-hydrogen) atoms. The zero-order valence-corrected chi connectivity index (χ0v) is 11.5. The molecule has 4 heteroatoms. The first-order valence-electron chi connectivity index (χ1n) is 6.68. The molecule has 1 aliphatic heterocycles. The monoisotopic (exact) mass is 261 g/mol. The molecule has 1 heterocycles. The molecule has 0 atom stereocenters. The Kier molecular flexibility index (Phi) is 3.46. The van der Waals surface area contributed by atoms with E-state index in [1.165, 1.54) is 42.7 Å². The van der Waals surface area contributed by atoms with Crippen LogP contribution in [0.5, 0.6) is 0 Å². The average molecular weight is 261 g/mol. The Morgan fingerprint density at radius 1 is 1.22 bits per heavy atom. The highest BCUT2D eigenvalue weighted by molar-refractivity contribution is 7.98. The van der Waals surface area contributed by atoms with Gasteiger partial charge >= 0.3 is 0 Å². The highest BCUT2D eigenvalue weighted by Crippen LogP contribution is 2.32. The van der Waals surface area contributed by atoms with Gasteiger partial charge in [-0.3, -0.25) is 4.72 Å². The van der Waals surface area contributed by atoms with Gasteiger partial charge in [0.2, 0.25) is 5.96 Å². The van der Waals surface area contributed by atoms with Gasteiger partial charge in [-0.15, -0.1) is 0 Å². The molecule has 96 valence electrons. The van der Waals surface area contributed by atoms with Gasteiger partial charge in [0.1, 0.15) is 0 Å². The number of para-hydroxylation sites is 1. The van der Waals surface area contributed by atoms with Gasteiger partial charge in [0.25, 0.3) is 0 Å². The molecule has 1 saturated carbocycles. The molecule has 0 amide bonds. The number of nitrogens with zero attached hydrogens (tertiary/aromatic N) is 2. The lowest BCUT2D eigenvalue weighted by Gasteiger charge is -2.30. The van der Waals surface area contributed by atoms with Crippen molar-refractivity contribution in [3.63, 3.8) is 0 Å². The maximum Gasteiger partial charge on any atom is 0.209 e. The number of fused-ring (bicyclic) bond motifs is 1. The Hall–Kier alpha value is -1.16. The predicted molar refractivity (Wildman–Crippen MR) is 78.1 cm³/mol. The van der Waals surface area contributed by atoms with E-state index < -0.39 is 0 Å². The summed E-state index contributed by atoms with van der Waals surface area (Å²) in [5, 5.41) is 0. The van der Waals surface area contributed by atoms with E-state index in [1.807, 2.05) is 0 Å². The van der Waals surface area contributed by atoms with E-state index in [2.05, 4.69) is 40.9 Å². The Morgan fingerprint density at radius 3 is 2.83 bits per heavy atom. The maximum absolute atomic E-state index is 4.89. The van der Waals surface area contributed by atoms with Crippen LogP contribution in [0, 0.1) is 0 Å². The number of nitrogens with one attached hydrogen (secondary N) is 1. The number of guanidine groups is 1. The minimum atomic E-state index is 0.509. The van der Waals surface area contributed by atoms with Crippen molar-refractivity contribution in [2.45, 2.75) is 43.0 Å². The molecule has 2 aliphatic rings. The van der Waals surface area contributed by atoms with Crippen molar-refractivity contribution < 1.29 is 0 Å². The van der Waals surface area contributed by atoms with Crippen LogP contribution in [0.25, 0.3) is 0 Å². The van der Waals surface area contributed by atoms with Gasteiger partial charge < -0.3 is 4.90 Å². The standard InChI is InChI=1S/C14H19N3S/c1-17-12-9-5-6-10-13(12)18-16-14(17)15-11-7-3-2-4-8-11/h5-6,9-11H,2-4,7-8H2,1H3,(H,15,16). The van der Waals surface area contributed by atoms with E-state index in [0.717, 1.165) is 5.96 Å². The molecule has 1 aliphatic carbocycles. The number of anilines is 1. The smallest absolute Gasteiger partial charge is 0.209 e. The van der Waals surface area contributed by atoms with Gasteiger partial charge in [-0.05, 0) is 36.9 Å². The first-order chi connectivity index (χ1) is 8.84. The van der Waals surface area contributed by atoms with Crippen molar-refractivity contribution in [2.75, 3.05) is 11.9 Å². The van der Waals surface area contributed by atoms with Crippen LogP contribution in [0.2, 0.25) is 0 Å². The van der Waals surface area contributed by atoms with E-state index in [4.69, 9.17) is 4.99 Å². The summed E-state index contributed by atoms with van der Waals surface area (Å²) in [6, 6.07) is 8.96. The third-order valence-corrected chi connectivity index (χ3v) is 4.53. The molecule has 3 nitrogen and oxygen atoms in total. The summed E-state index contributed by atoms with van der Waals surface area (Å²) in [6.45, 7) is 0. The summed E-state index contributed by atoms with van der Waals surface area (Å²) in [7, 11) is 2.09. The summed E-state index contributed by atoms with van der Waals surface area (Å²) in [5.74, 6) is 1.01. The first kappa shape index (κ1) is 11.9. The molecule has 0 aromatic heterocycles. The van der Waals surface area contributed by atoms with Crippen LogP contribution >= 0.6 is 11.9 Å². The summed E-state index contributed by atoms with van der Waals surface area (Å²) in [4.78, 5) is 8.32. The van der Waals surface area contributed by atoms with Crippen molar-refractivity contribution in [2.24, 2.45) is 4.99 Å². The fourth-order valence-corrected chi connectivity index (χ4v) is 3.45. The largest absolute Gasteiger partial charge is 0.314 e. The van der Waals surface area contributed by atoms with Crippen molar-refractivity contribution in [1.29, 1.82) is 0 Å². The second-order valence-electron chi connectivity index (χ2n) is 4.98. The molecule has 0 bridgehead atoms. The van der Waals surface area contributed by atoms with Crippen LogP contribution in [-0.4, -0.2) is 19.0 Å². The van der Waals surface area contributed by atoms with Crippen molar-refractivity contribution in [3.05, 3.63) is 24.3 Å². The van der Waals surface area contributed by atoms with Gasteiger partial charge in [-0.2, -0.15) is 0 Å². The van der Waals surface area contributed by atoms with Crippen LogP contribution < -0.4 is 9.62 Å². The van der Waals surface area contributed by atoms with Crippen LogP contribution in [0.1, 0.15) is 32.1 Å². The zero-order chi connectivity index (χ0) is 12.4. The van der Waals surface area contributed by atoms with Gasteiger partial charge in [-0.1, -0.05) is 31.4 Å². The van der Waals surface area contributed by atoms with E-state index in [0.29, 0.717) is 6.04 Å². The normalized spacial score (nSPS) is 22.7. The van der Waals surface area contributed by atoms with Crippen molar-refractivity contribution in [3.8, 4) is 0 Å². The minimum Gasteiger partial charge on any atom is -0.314 e. The summed E-state index contributed by atoms with van der Waals surface area (Å²) in [5.41, 5.74) is 1.25. The second-order valence-corrected chi connectivity index (χ2v) is 5.82. The molecule has 1 fully saturated rings. The van der Waals surface area contributed by atoms with E-state index in [-0.39, 0.29) is 0 Å². The lowest BCUT2D eigenvalue weighted by atomic mass is 9.96. The van der Waals surface area contributed by atoms with E-state index in [9.17, 15) is 0 Å². The quantitative estimate of drug-likeness (QED) is 0.785. The molecule has 1 aromatic rings. The van der Waals surface area contributed by atoms with Crippen molar-refractivity contribution >= 4 is 23.6 Å². The number of rotatable bonds is 1. The van der Waals surface area contributed by atoms with Crippen molar-refractivity contribution in [1.82, 2.24) is 4.72 Å². The summed E-state index contributed by atoms with van der Waals surface area (Å²) >= 11 is 1.67. The molecular formula is C14H19N3S.